The Labute approximate surface area is 151 Å². The molecule has 0 radical (unpaired) electrons. The van der Waals surface area contributed by atoms with Gasteiger partial charge in [-0.2, -0.15) is 0 Å². The molecular weight excluding hydrogens is 364 g/mol. The monoisotopic (exact) mass is 382 g/mol. The lowest BCUT2D eigenvalue weighted by Crippen LogP contribution is -2.48. The summed E-state index contributed by atoms with van der Waals surface area (Å²) < 4.78 is 28.2. The predicted octanol–water partition coefficient (Wildman–Crippen LogP) is 2.26. The van der Waals surface area contributed by atoms with Crippen molar-refractivity contribution in [3.05, 3.63) is 58.5 Å². The van der Waals surface area contributed by atoms with Gasteiger partial charge in [0.15, 0.2) is 15.6 Å². The molecule has 1 aliphatic rings. The SMILES string of the molecule is CS(=O)(=O)Cc1ccc(C(=O)N2CCNCC2c2cccc(Cl)c2)o1. The molecular formula is C17H19ClN2O4S. The lowest BCUT2D eigenvalue weighted by Gasteiger charge is -2.36. The lowest BCUT2D eigenvalue weighted by atomic mass is 10.0. The van der Waals surface area contributed by atoms with Gasteiger partial charge in [0.1, 0.15) is 11.5 Å². The third kappa shape index (κ3) is 4.42. The van der Waals surface area contributed by atoms with Crippen molar-refractivity contribution in [3.8, 4) is 0 Å². The molecule has 6 nitrogen and oxygen atoms in total. The Hall–Kier alpha value is -1.83. The first kappa shape index (κ1) is 18.0. The number of hydrogen-bond donors (Lipinski definition) is 1. The minimum Gasteiger partial charge on any atom is -0.455 e. The van der Waals surface area contributed by atoms with Crippen molar-refractivity contribution in [2.45, 2.75) is 11.8 Å². The molecule has 8 heteroatoms. The summed E-state index contributed by atoms with van der Waals surface area (Å²) in [4.78, 5) is 14.6. The molecule has 0 bridgehead atoms. The molecule has 1 amide bonds. The first-order chi connectivity index (χ1) is 11.8. The van der Waals surface area contributed by atoms with E-state index in [1.54, 1.807) is 11.0 Å². The minimum atomic E-state index is -3.22. The second kappa shape index (κ2) is 7.19. The fraction of sp³-hybridized carbons (Fsp3) is 0.353. The highest BCUT2D eigenvalue weighted by Gasteiger charge is 2.30. The zero-order chi connectivity index (χ0) is 18.0. The molecule has 1 aromatic heterocycles. The zero-order valence-electron chi connectivity index (χ0n) is 13.7. The highest BCUT2D eigenvalue weighted by Crippen LogP contribution is 2.26. The normalized spacial score (nSPS) is 18.3. The second-order valence-corrected chi connectivity index (χ2v) is 8.69. The van der Waals surface area contributed by atoms with Gasteiger partial charge in [-0.15, -0.1) is 0 Å². The molecule has 1 aliphatic heterocycles. The number of nitrogens with zero attached hydrogens (tertiary/aromatic N) is 1. The van der Waals surface area contributed by atoms with Gasteiger partial charge in [-0.3, -0.25) is 4.79 Å². The molecule has 1 fully saturated rings. The smallest absolute Gasteiger partial charge is 0.290 e. The summed E-state index contributed by atoms with van der Waals surface area (Å²) in [7, 11) is -3.22. The number of furan rings is 1. The van der Waals surface area contributed by atoms with Crippen LogP contribution in [0.2, 0.25) is 5.02 Å². The maximum absolute atomic E-state index is 12.9. The van der Waals surface area contributed by atoms with Crippen LogP contribution in [0.25, 0.3) is 0 Å². The number of amides is 1. The number of piperazine rings is 1. The van der Waals surface area contributed by atoms with Gasteiger partial charge in [0.05, 0.1) is 6.04 Å². The van der Waals surface area contributed by atoms with Crippen molar-refractivity contribution in [1.82, 2.24) is 10.2 Å². The van der Waals surface area contributed by atoms with Gasteiger partial charge in [0, 0.05) is 30.9 Å². The van der Waals surface area contributed by atoms with Gasteiger partial charge < -0.3 is 14.6 Å². The Kier molecular flexibility index (Phi) is 5.17. The number of carbonyl (C=O) groups is 1. The van der Waals surface area contributed by atoms with Crippen LogP contribution in [0.15, 0.2) is 40.8 Å². The molecule has 3 rings (SSSR count). The molecule has 1 atom stereocenters. The van der Waals surface area contributed by atoms with Crippen LogP contribution in [-0.2, 0) is 15.6 Å². The van der Waals surface area contributed by atoms with Gasteiger partial charge in [0.25, 0.3) is 5.91 Å². The highest BCUT2D eigenvalue weighted by atomic mass is 35.5. The molecule has 0 saturated carbocycles. The Morgan fingerprint density at radius 1 is 1.36 bits per heavy atom. The summed E-state index contributed by atoms with van der Waals surface area (Å²) in [5, 5.41) is 3.89. The second-order valence-electron chi connectivity index (χ2n) is 6.11. The predicted molar refractivity (Wildman–Crippen MR) is 95.4 cm³/mol. The van der Waals surface area contributed by atoms with E-state index < -0.39 is 9.84 Å². The number of carbonyl (C=O) groups excluding carboxylic acids is 1. The van der Waals surface area contributed by atoms with E-state index in [4.69, 9.17) is 16.0 Å². The summed E-state index contributed by atoms with van der Waals surface area (Å²) in [5.41, 5.74) is 0.941. The van der Waals surface area contributed by atoms with Crippen molar-refractivity contribution >= 4 is 27.3 Å². The summed E-state index contributed by atoms with van der Waals surface area (Å²) in [6.45, 7) is 1.82. The number of sulfone groups is 1. The Morgan fingerprint density at radius 2 is 2.16 bits per heavy atom. The highest BCUT2D eigenvalue weighted by molar-refractivity contribution is 7.89. The van der Waals surface area contributed by atoms with Gasteiger partial charge >= 0.3 is 0 Å². The number of hydrogen-bond acceptors (Lipinski definition) is 5. The van der Waals surface area contributed by atoms with Crippen molar-refractivity contribution in [1.29, 1.82) is 0 Å². The molecule has 1 N–H and O–H groups in total. The maximum Gasteiger partial charge on any atom is 0.290 e. The van der Waals surface area contributed by atoms with Crippen LogP contribution in [0, 0.1) is 0 Å². The molecule has 2 aromatic rings. The third-order valence-corrected chi connectivity index (χ3v) is 5.06. The summed E-state index contributed by atoms with van der Waals surface area (Å²) >= 11 is 6.07. The average Bonchev–Trinajstić information content (AvgIpc) is 3.00. The first-order valence-corrected chi connectivity index (χ1v) is 10.3. The van der Waals surface area contributed by atoms with Gasteiger partial charge in [-0.05, 0) is 29.8 Å². The van der Waals surface area contributed by atoms with E-state index in [2.05, 4.69) is 5.32 Å². The van der Waals surface area contributed by atoms with Crippen LogP contribution >= 0.6 is 11.6 Å². The molecule has 25 heavy (non-hydrogen) atoms. The molecule has 2 heterocycles. The van der Waals surface area contributed by atoms with E-state index in [0.717, 1.165) is 11.8 Å². The standard InChI is InChI=1S/C17H19ClN2O4S/c1-25(22,23)11-14-5-6-16(24-14)17(21)20-8-7-19-10-15(20)12-3-2-4-13(18)9-12/h2-6,9,15,19H,7-8,10-11H2,1H3. The number of nitrogens with one attached hydrogen (secondary N) is 1. The largest absolute Gasteiger partial charge is 0.455 e. The van der Waals surface area contributed by atoms with E-state index in [0.29, 0.717) is 24.7 Å². The average molecular weight is 383 g/mol. The molecule has 0 spiro atoms. The third-order valence-electron chi connectivity index (χ3n) is 4.01. The number of halogens is 1. The summed E-state index contributed by atoms with van der Waals surface area (Å²) in [6.07, 6.45) is 1.13. The zero-order valence-corrected chi connectivity index (χ0v) is 15.3. The lowest BCUT2D eigenvalue weighted by molar-refractivity contribution is 0.0600. The van der Waals surface area contributed by atoms with Crippen molar-refractivity contribution in [2.75, 3.05) is 25.9 Å². The fourth-order valence-electron chi connectivity index (χ4n) is 2.93. The quantitative estimate of drug-likeness (QED) is 0.877. The van der Waals surface area contributed by atoms with Crippen molar-refractivity contribution in [3.63, 3.8) is 0 Å². The van der Waals surface area contributed by atoms with E-state index in [1.165, 1.54) is 12.1 Å². The Bertz CT molecular complexity index is 878. The fourth-order valence-corrected chi connectivity index (χ4v) is 3.80. The van der Waals surface area contributed by atoms with Gasteiger partial charge in [-0.25, -0.2) is 8.42 Å². The Balaban J connectivity index is 1.84. The first-order valence-electron chi connectivity index (χ1n) is 7.87. The van der Waals surface area contributed by atoms with Crippen molar-refractivity contribution < 1.29 is 17.6 Å². The molecule has 0 aliphatic carbocycles. The maximum atomic E-state index is 12.9. The van der Waals surface area contributed by atoms with Crippen LogP contribution in [0.4, 0.5) is 0 Å². The molecule has 1 unspecified atom stereocenters. The van der Waals surface area contributed by atoms with E-state index in [1.807, 2.05) is 18.2 Å². The molecule has 1 saturated heterocycles. The molecule has 1 aromatic carbocycles. The topological polar surface area (TPSA) is 79.6 Å². The Morgan fingerprint density at radius 3 is 2.88 bits per heavy atom. The number of rotatable bonds is 4. The van der Waals surface area contributed by atoms with Crippen LogP contribution in [-0.4, -0.2) is 45.1 Å². The number of benzene rings is 1. The minimum absolute atomic E-state index is 0.146. The van der Waals surface area contributed by atoms with Crippen molar-refractivity contribution in [2.24, 2.45) is 0 Å². The van der Waals surface area contributed by atoms with Gasteiger partial charge in [0.2, 0.25) is 0 Å². The summed E-state index contributed by atoms with van der Waals surface area (Å²) in [5.74, 6) is -0.0707. The van der Waals surface area contributed by atoms with E-state index in [-0.39, 0.29) is 29.2 Å². The van der Waals surface area contributed by atoms with E-state index >= 15 is 0 Å². The van der Waals surface area contributed by atoms with Crippen LogP contribution in [0.1, 0.15) is 27.9 Å². The van der Waals surface area contributed by atoms with Crippen LogP contribution in [0.5, 0.6) is 0 Å². The summed E-state index contributed by atoms with van der Waals surface area (Å²) in [6, 6.07) is 10.3. The van der Waals surface area contributed by atoms with Gasteiger partial charge in [-0.1, -0.05) is 23.7 Å². The molecule has 134 valence electrons. The van der Waals surface area contributed by atoms with Crippen LogP contribution in [0.3, 0.4) is 0 Å². The van der Waals surface area contributed by atoms with Crippen LogP contribution < -0.4 is 5.32 Å². The van der Waals surface area contributed by atoms with E-state index in [9.17, 15) is 13.2 Å².